The van der Waals surface area contributed by atoms with Crippen molar-refractivity contribution in [2.75, 3.05) is 12.3 Å². The van der Waals surface area contributed by atoms with Crippen molar-refractivity contribution in [2.45, 2.75) is 33.2 Å². The van der Waals surface area contributed by atoms with Gasteiger partial charge in [-0.3, -0.25) is 4.79 Å². The largest absolute Gasteiger partial charge is 0.396 e. The summed E-state index contributed by atoms with van der Waals surface area (Å²) in [4.78, 5) is 12.0. The van der Waals surface area contributed by atoms with Gasteiger partial charge >= 0.3 is 0 Å². The highest BCUT2D eigenvalue weighted by molar-refractivity contribution is 5.95. The molecular weight excluding hydrogens is 266 g/mol. The first kappa shape index (κ1) is 16.4. The van der Waals surface area contributed by atoms with E-state index in [1.807, 2.05) is 20.8 Å². The third-order valence-corrected chi connectivity index (χ3v) is 3.08. The van der Waals surface area contributed by atoms with Crippen molar-refractivity contribution in [1.82, 2.24) is 5.32 Å². The molecule has 0 radical (unpaired) electrons. The molecule has 1 aromatic carbocycles. The van der Waals surface area contributed by atoms with Crippen molar-refractivity contribution in [3.63, 3.8) is 0 Å². The lowest BCUT2D eigenvalue weighted by atomic mass is 9.84. The number of carbonyl (C=O) groups excluding carboxylic acids is 1. The van der Waals surface area contributed by atoms with Gasteiger partial charge in [-0.1, -0.05) is 20.8 Å². The van der Waals surface area contributed by atoms with Gasteiger partial charge in [0.15, 0.2) is 5.82 Å². The molecule has 1 rings (SSSR count). The number of halogens is 2. The summed E-state index contributed by atoms with van der Waals surface area (Å²) in [5.41, 5.74) is 4.13. The summed E-state index contributed by atoms with van der Waals surface area (Å²) in [5.74, 6) is -2.47. The monoisotopic (exact) mass is 286 g/mol. The fraction of sp³-hybridized carbons (Fsp3) is 0.500. The number of nitrogens with two attached hydrogens (primary N) is 1. The highest BCUT2D eigenvalue weighted by Crippen LogP contribution is 2.23. The fourth-order valence-corrected chi connectivity index (χ4v) is 1.86. The van der Waals surface area contributed by atoms with E-state index in [4.69, 9.17) is 10.8 Å². The van der Waals surface area contributed by atoms with Crippen LogP contribution in [0.1, 0.15) is 37.6 Å². The number of amides is 1. The normalized spacial score (nSPS) is 13.1. The van der Waals surface area contributed by atoms with Gasteiger partial charge in [-0.15, -0.1) is 0 Å². The quantitative estimate of drug-likeness (QED) is 0.742. The summed E-state index contributed by atoms with van der Waals surface area (Å²) < 4.78 is 27.0. The van der Waals surface area contributed by atoms with E-state index in [0.717, 1.165) is 12.1 Å². The van der Waals surface area contributed by atoms with Gasteiger partial charge in [0.05, 0.1) is 11.3 Å². The third kappa shape index (κ3) is 3.90. The molecule has 112 valence electrons. The molecule has 0 saturated heterocycles. The van der Waals surface area contributed by atoms with Crippen LogP contribution < -0.4 is 11.1 Å². The summed E-state index contributed by atoms with van der Waals surface area (Å²) in [7, 11) is 0. The van der Waals surface area contributed by atoms with Crippen molar-refractivity contribution in [1.29, 1.82) is 0 Å². The third-order valence-electron chi connectivity index (χ3n) is 3.08. The second-order valence-corrected chi connectivity index (χ2v) is 5.76. The zero-order valence-corrected chi connectivity index (χ0v) is 11.8. The Bertz CT molecular complexity index is 499. The molecule has 4 nitrogen and oxygen atoms in total. The minimum absolute atomic E-state index is 0.115. The minimum Gasteiger partial charge on any atom is -0.396 e. The topological polar surface area (TPSA) is 75.3 Å². The van der Waals surface area contributed by atoms with E-state index in [9.17, 15) is 13.6 Å². The Labute approximate surface area is 117 Å². The zero-order chi connectivity index (χ0) is 15.5. The van der Waals surface area contributed by atoms with E-state index in [1.165, 1.54) is 0 Å². The van der Waals surface area contributed by atoms with Crippen molar-refractivity contribution in [3.05, 3.63) is 29.3 Å². The molecule has 20 heavy (non-hydrogen) atoms. The van der Waals surface area contributed by atoms with E-state index in [-0.39, 0.29) is 18.1 Å². The standard InChI is InChI=1S/C14H20F2N2O2/c1-14(2,3)11(4-5-19)18-13(20)9-6-8(15)7-10(17)12(9)16/h6-7,11,19H,4-5,17H2,1-3H3,(H,18,20). The summed E-state index contributed by atoms with van der Waals surface area (Å²) in [6.45, 7) is 5.52. The van der Waals surface area contributed by atoms with Crippen molar-refractivity contribution < 1.29 is 18.7 Å². The Kier molecular flexibility index (Phi) is 5.05. The number of benzene rings is 1. The van der Waals surface area contributed by atoms with Crippen LogP contribution in [0.15, 0.2) is 12.1 Å². The van der Waals surface area contributed by atoms with Crippen LogP contribution in [0.3, 0.4) is 0 Å². The number of hydrogen-bond acceptors (Lipinski definition) is 3. The second-order valence-electron chi connectivity index (χ2n) is 5.76. The molecule has 6 heteroatoms. The first-order chi connectivity index (χ1) is 9.16. The molecule has 0 aliphatic heterocycles. The summed E-state index contributed by atoms with van der Waals surface area (Å²) in [6.07, 6.45) is 0.321. The molecule has 0 aliphatic carbocycles. The van der Waals surface area contributed by atoms with Gasteiger partial charge in [-0.2, -0.15) is 0 Å². The van der Waals surface area contributed by atoms with Gasteiger partial charge in [-0.25, -0.2) is 8.78 Å². The number of aliphatic hydroxyl groups is 1. The molecule has 1 amide bonds. The van der Waals surface area contributed by atoms with Gasteiger partial charge in [0, 0.05) is 12.6 Å². The number of nitrogen functional groups attached to an aromatic ring is 1. The lowest BCUT2D eigenvalue weighted by Crippen LogP contribution is -2.44. The molecule has 4 N–H and O–H groups in total. The summed E-state index contributed by atoms with van der Waals surface area (Å²) in [5, 5.41) is 11.6. The highest BCUT2D eigenvalue weighted by atomic mass is 19.1. The number of aliphatic hydroxyl groups excluding tert-OH is 1. The van der Waals surface area contributed by atoms with E-state index in [2.05, 4.69) is 5.32 Å². The van der Waals surface area contributed by atoms with Crippen molar-refractivity contribution >= 4 is 11.6 Å². The van der Waals surface area contributed by atoms with Gasteiger partial charge in [0.2, 0.25) is 0 Å². The maximum atomic E-state index is 13.8. The number of rotatable bonds is 4. The predicted molar refractivity (Wildman–Crippen MR) is 73.2 cm³/mol. The van der Waals surface area contributed by atoms with Gasteiger partial charge in [-0.05, 0) is 24.0 Å². The van der Waals surface area contributed by atoms with Gasteiger partial charge in [0.1, 0.15) is 5.82 Å². The number of anilines is 1. The van der Waals surface area contributed by atoms with Crippen LogP contribution in [0.2, 0.25) is 0 Å². The predicted octanol–water partition coefficient (Wildman–Crippen LogP) is 2.07. The number of nitrogens with one attached hydrogen (secondary N) is 1. The van der Waals surface area contributed by atoms with Crippen LogP contribution in [-0.4, -0.2) is 23.7 Å². The average Bonchev–Trinajstić information content (AvgIpc) is 2.31. The van der Waals surface area contributed by atoms with E-state index < -0.39 is 28.8 Å². The lowest BCUT2D eigenvalue weighted by Gasteiger charge is -2.31. The Hall–Kier alpha value is -1.69. The van der Waals surface area contributed by atoms with E-state index >= 15 is 0 Å². The van der Waals surface area contributed by atoms with Crippen LogP contribution in [0.4, 0.5) is 14.5 Å². The Morgan fingerprint density at radius 3 is 2.50 bits per heavy atom. The molecule has 0 fully saturated rings. The molecule has 0 aliphatic rings. The molecular formula is C14H20F2N2O2. The van der Waals surface area contributed by atoms with Crippen LogP contribution in [-0.2, 0) is 0 Å². The minimum atomic E-state index is -0.944. The van der Waals surface area contributed by atoms with E-state index in [1.54, 1.807) is 0 Å². The fourth-order valence-electron chi connectivity index (χ4n) is 1.86. The lowest BCUT2D eigenvalue weighted by molar-refractivity contribution is 0.0880. The van der Waals surface area contributed by atoms with Gasteiger partial charge in [0.25, 0.3) is 5.91 Å². The van der Waals surface area contributed by atoms with Crippen LogP contribution in [0.5, 0.6) is 0 Å². The first-order valence-electron chi connectivity index (χ1n) is 6.33. The smallest absolute Gasteiger partial charge is 0.254 e. The number of carbonyl (C=O) groups is 1. The molecule has 1 atom stereocenters. The van der Waals surface area contributed by atoms with Crippen molar-refractivity contribution in [2.24, 2.45) is 5.41 Å². The molecule has 0 heterocycles. The molecule has 0 saturated carbocycles. The molecule has 1 aromatic rings. The van der Waals surface area contributed by atoms with Crippen LogP contribution in [0.25, 0.3) is 0 Å². The molecule has 1 unspecified atom stereocenters. The number of hydrogen-bond donors (Lipinski definition) is 3. The average molecular weight is 286 g/mol. The molecule has 0 spiro atoms. The maximum Gasteiger partial charge on any atom is 0.254 e. The Morgan fingerprint density at radius 2 is 2.00 bits per heavy atom. The summed E-state index contributed by atoms with van der Waals surface area (Å²) in [6, 6.07) is 1.25. The van der Waals surface area contributed by atoms with Crippen LogP contribution >= 0.6 is 0 Å². The maximum absolute atomic E-state index is 13.8. The summed E-state index contributed by atoms with van der Waals surface area (Å²) >= 11 is 0. The van der Waals surface area contributed by atoms with Crippen molar-refractivity contribution in [3.8, 4) is 0 Å². The van der Waals surface area contributed by atoms with Gasteiger partial charge < -0.3 is 16.2 Å². The molecule has 0 aromatic heterocycles. The molecule has 0 bridgehead atoms. The Balaban J connectivity index is 3.01. The highest BCUT2D eigenvalue weighted by Gasteiger charge is 2.27. The van der Waals surface area contributed by atoms with E-state index in [0.29, 0.717) is 6.42 Å². The SMILES string of the molecule is CC(C)(C)C(CCO)NC(=O)c1cc(F)cc(N)c1F. The van der Waals surface area contributed by atoms with Crippen LogP contribution in [0, 0.1) is 17.0 Å². The Morgan fingerprint density at radius 1 is 1.40 bits per heavy atom. The first-order valence-corrected chi connectivity index (χ1v) is 6.33. The zero-order valence-electron chi connectivity index (χ0n) is 11.8. The second kappa shape index (κ2) is 6.17.